The van der Waals surface area contributed by atoms with Gasteiger partial charge in [-0.3, -0.25) is 10.1 Å². The largest absolute Gasteiger partial charge is 0.379 e. The average Bonchev–Trinajstić information content (AvgIpc) is 2.54. The highest BCUT2D eigenvalue weighted by molar-refractivity contribution is 7.90. The van der Waals surface area contributed by atoms with E-state index in [9.17, 15) is 18.5 Å². The maximum absolute atomic E-state index is 11.6. The van der Waals surface area contributed by atoms with Gasteiger partial charge in [-0.05, 0) is 30.5 Å². The topological polar surface area (TPSA) is 89.3 Å². The molecule has 0 atom stereocenters. The van der Waals surface area contributed by atoms with Gasteiger partial charge in [-0.15, -0.1) is 0 Å². The Hall–Kier alpha value is -2.41. The molecule has 6 nitrogen and oxygen atoms in total. The van der Waals surface area contributed by atoms with E-state index in [4.69, 9.17) is 0 Å². The molecule has 0 saturated heterocycles. The molecule has 3 rings (SSSR count). The molecule has 0 unspecified atom stereocenters. The monoisotopic (exact) mass is 360 g/mol. The number of benzene rings is 2. The molecule has 0 radical (unpaired) electrons. The fourth-order valence-corrected chi connectivity index (χ4v) is 3.91. The van der Waals surface area contributed by atoms with Crippen LogP contribution in [0, 0.1) is 10.1 Å². The molecule has 0 aliphatic heterocycles. The van der Waals surface area contributed by atoms with Gasteiger partial charge in [-0.25, -0.2) is 8.42 Å². The number of hydrogen-bond acceptors (Lipinski definition) is 5. The molecule has 0 aromatic heterocycles. The number of sulfone groups is 1. The van der Waals surface area contributed by atoms with Gasteiger partial charge in [0.15, 0.2) is 9.84 Å². The van der Waals surface area contributed by atoms with E-state index in [1.807, 2.05) is 18.2 Å². The van der Waals surface area contributed by atoms with Crippen molar-refractivity contribution in [2.45, 2.75) is 29.6 Å². The normalized spacial score (nSPS) is 16.0. The molecular formula is C18H20N2O4S. The fraction of sp³-hybridized carbons (Fsp3) is 0.333. The van der Waals surface area contributed by atoms with Gasteiger partial charge in [-0.1, -0.05) is 36.8 Å². The lowest BCUT2D eigenvalue weighted by molar-refractivity contribution is -0.384. The maximum Gasteiger partial charge on any atom is 0.293 e. The first kappa shape index (κ1) is 17.4. The van der Waals surface area contributed by atoms with Crippen molar-refractivity contribution in [2.75, 3.05) is 18.1 Å². The molecule has 7 heteroatoms. The van der Waals surface area contributed by atoms with Crippen molar-refractivity contribution in [2.24, 2.45) is 0 Å². The molecular weight excluding hydrogens is 340 g/mol. The van der Waals surface area contributed by atoms with Crippen LogP contribution in [-0.4, -0.2) is 26.1 Å². The van der Waals surface area contributed by atoms with Gasteiger partial charge in [0.05, 0.1) is 9.82 Å². The van der Waals surface area contributed by atoms with E-state index in [0.29, 0.717) is 12.2 Å². The fourth-order valence-electron chi connectivity index (χ4n) is 3.27. The molecule has 1 aliphatic rings. The lowest BCUT2D eigenvalue weighted by atomic mass is 9.64. The first-order valence-corrected chi connectivity index (χ1v) is 9.99. The van der Waals surface area contributed by atoms with Crippen LogP contribution >= 0.6 is 0 Å². The third kappa shape index (κ3) is 3.51. The summed E-state index contributed by atoms with van der Waals surface area (Å²) >= 11 is 0. The van der Waals surface area contributed by atoms with Crippen LogP contribution in [0.3, 0.4) is 0 Å². The van der Waals surface area contributed by atoms with Gasteiger partial charge < -0.3 is 5.32 Å². The Kier molecular flexibility index (Phi) is 4.51. The van der Waals surface area contributed by atoms with Gasteiger partial charge in [0.1, 0.15) is 5.69 Å². The first-order valence-electron chi connectivity index (χ1n) is 8.10. The number of rotatable bonds is 6. The van der Waals surface area contributed by atoms with Crippen LogP contribution in [0.1, 0.15) is 24.8 Å². The molecule has 1 fully saturated rings. The Morgan fingerprint density at radius 2 is 1.84 bits per heavy atom. The molecule has 2 aromatic carbocycles. The highest BCUT2D eigenvalue weighted by Gasteiger charge is 2.38. The number of nitrogens with zero attached hydrogens (tertiary/aromatic N) is 1. The van der Waals surface area contributed by atoms with Crippen LogP contribution in [0.5, 0.6) is 0 Å². The van der Waals surface area contributed by atoms with Crippen LogP contribution in [0.4, 0.5) is 11.4 Å². The SMILES string of the molecule is CS(=O)(=O)c1ccc(NCC2(c3ccccc3)CCC2)c([N+](=O)[O-])c1. The number of nitro groups is 1. The van der Waals surface area contributed by atoms with Crippen molar-refractivity contribution in [3.63, 3.8) is 0 Å². The third-order valence-electron chi connectivity index (χ3n) is 4.91. The molecule has 1 saturated carbocycles. The Morgan fingerprint density at radius 1 is 1.16 bits per heavy atom. The number of nitro benzene ring substituents is 1. The van der Waals surface area contributed by atoms with Crippen LogP contribution in [-0.2, 0) is 15.3 Å². The van der Waals surface area contributed by atoms with Gasteiger partial charge >= 0.3 is 0 Å². The molecule has 0 amide bonds. The van der Waals surface area contributed by atoms with Crippen molar-refractivity contribution in [1.29, 1.82) is 0 Å². The van der Waals surface area contributed by atoms with E-state index in [-0.39, 0.29) is 16.0 Å². The lowest BCUT2D eigenvalue weighted by Gasteiger charge is -2.42. The summed E-state index contributed by atoms with van der Waals surface area (Å²) in [5.74, 6) is 0. The highest BCUT2D eigenvalue weighted by atomic mass is 32.2. The summed E-state index contributed by atoms with van der Waals surface area (Å²) in [7, 11) is -3.49. The van der Waals surface area contributed by atoms with Crippen molar-refractivity contribution in [1.82, 2.24) is 0 Å². The summed E-state index contributed by atoms with van der Waals surface area (Å²) in [6, 6.07) is 14.1. The van der Waals surface area contributed by atoms with Crippen LogP contribution in [0.15, 0.2) is 53.4 Å². The van der Waals surface area contributed by atoms with E-state index in [2.05, 4.69) is 17.4 Å². The highest BCUT2D eigenvalue weighted by Crippen LogP contribution is 2.44. The molecule has 0 bridgehead atoms. The van der Waals surface area contributed by atoms with Crippen molar-refractivity contribution in [3.8, 4) is 0 Å². The Balaban J connectivity index is 1.87. The van der Waals surface area contributed by atoms with Gasteiger partial charge in [0.25, 0.3) is 5.69 Å². The number of anilines is 1. The number of nitrogens with one attached hydrogen (secondary N) is 1. The Bertz CT molecular complexity index is 891. The standard InChI is InChI=1S/C18H20N2O4S/c1-25(23,24)15-8-9-16(17(12-15)20(21)22)19-13-18(10-5-11-18)14-6-3-2-4-7-14/h2-4,6-9,12,19H,5,10-11,13H2,1H3. The molecule has 132 valence electrons. The van der Waals surface area contributed by atoms with Crippen LogP contribution < -0.4 is 5.32 Å². The second-order valence-corrected chi connectivity index (χ2v) is 8.58. The molecule has 1 aliphatic carbocycles. The Morgan fingerprint density at radius 3 is 2.36 bits per heavy atom. The third-order valence-corrected chi connectivity index (χ3v) is 6.02. The van der Waals surface area contributed by atoms with E-state index in [1.165, 1.54) is 17.7 Å². The lowest BCUT2D eigenvalue weighted by Crippen LogP contribution is -2.41. The van der Waals surface area contributed by atoms with Crippen LogP contribution in [0.2, 0.25) is 0 Å². The summed E-state index contributed by atoms with van der Waals surface area (Å²) in [4.78, 5) is 10.8. The zero-order valence-corrected chi connectivity index (χ0v) is 14.8. The molecule has 0 spiro atoms. The summed E-state index contributed by atoms with van der Waals surface area (Å²) < 4.78 is 23.3. The molecule has 1 N–H and O–H groups in total. The summed E-state index contributed by atoms with van der Waals surface area (Å²) in [5.41, 5.74) is 1.33. The molecule has 0 heterocycles. The minimum atomic E-state index is -3.49. The number of hydrogen-bond donors (Lipinski definition) is 1. The average molecular weight is 360 g/mol. The van der Waals surface area contributed by atoms with E-state index in [1.54, 1.807) is 0 Å². The minimum absolute atomic E-state index is 0.0232. The van der Waals surface area contributed by atoms with Gasteiger partial charge in [0, 0.05) is 24.3 Å². The van der Waals surface area contributed by atoms with Crippen LogP contribution in [0.25, 0.3) is 0 Å². The zero-order valence-electron chi connectivity index (χ0n) is 13.9. The minimum Gasteiger partial charge on any atom is -0.379 e. The first-order chi connectivity index (χ1) is 11.8. The van der Waals surface area contributed by atoms with Crippen molar-refractivity contribution < 1.29 is 13.3 Å². The van der Waals surface area contributed by atoms with Gasteiger partial charge in [0.2, 0.25) is 0 Å². The van der Waals surface area contributed by atoms with E-state index < -0.39 is 14.8 Å². The van der Waals surface area contributed by atoms with Crippen molar-refractivity contribution >= 4 is 21.2 Å². The predicted octanol–water partition coefficient (Wildman–Crippen LogP) is 3.53. The second-order valence-electron chi connectivity index (χ2n) is 6.56. The second kappa shape index (κ2) is 6.48. The maximum atomic E-state index is 11.6. The van der Waals surface area contributed by atoms with E-state index in [0.717, 1.165) is 31.6 Å². The smallest absolute Gasteiger partial charge is 0.293 e. The quantitative estimate of drug-likeness (QED) is 0.629. The summed E-state index contributed by atoms with van der Waals surface area (Å²) in [6.07, 6.45) is 4.22. The Labute approximate surface area is 147 Å². The molecule has 25 heavy (non-hydrogen) atoms. The zero-order chi connectivity index (χ0) is 18.1. The molecule has 2 aromatic rings. The summed E-state index contributed by atoms with van der Waals surface area (Å²) in [5, 5.41) is 14.5. The van der Waals surface area contributed by atoms with Gasteiger partial charge in [-0.2, -0.15) is 0 Å². The van der Waals surface area contributed by atoms with Crippen molar-refractivity contribution in [3.05, 3.63) is 64.2 Å². The van der Waals surface area contributed by atoms with E-state index >= 15 is 0 Å². The summed E-state index contributed by atoms with van der Waals surface area (Å²) in [6.45, 7) is 0.579. The predicted molar refractivity (Wildman–Crippen MR) is 96.7 cm³/mol.